The molecule has 2 aliphatic rings. The molecule has 32 heavy (non-hydrogen) atoms. The van der Waals surface area contributed by atoms with Crippen molar-refractivity contribution in [3.8, 4) is 5.75 Å². The summed E-state index contributed by atoms with van der Waals surface area (Å²) in [4.78, 5) is 30.0. The van der Waals surface area contributed by atoms with E-state index in [2.05, 4.69) is 22.3 Å². The molecule has 0 radical (unpaired) electrons. The Morgan fingerprint density at radius 1 is 0.938 bits per heavy atom. The Bertz CT molecular complexity index is 1000. The molecular formula is C26H31N3O3. The number of hydrogen-bond acceptors (Lipinski definition) is 5. The van der Waals surface area contributed by atoms with Crippen LogP contribution < -0.4 is 15.0 Å². The molecule has 0 aliphatic carbocycles. The van der Waals surface area contributed by atoms with Crippen LogP contribution in [0, 0.1) is 0 Å². The van der Waals surface area contributed by atoms with E-state index in [1.807, 2.05) is 57.2 Å². The Morgan fingerprint density at radius 2 is 1.59 bits per heavy atom. The van der Waals surface area contributed by atoms with Crippen LogP contribution >= 0.6 is 0 Å². The van der Waals surface area contributed by atoms with Gasteiger partial charge in [-0.1, -0.05) is 19.1 Å². The summed E-state index contributed by atoms with van der Waals surface area (Å²) in [5.74, 6) is 0.196. The van der Waals surface area contributed by atoms with E-state index in [1.54, 1.807) is 0 Å². The maximum atomic E-state index is 13.2. The van der Waals surface area contributed by atoms with E-state index in [-0.39, 0.29) is 17.9 Å². The molecule has 4 rings (SSSR count). The standard InChI is InChI=1S/C26H31N3O3/c1-4-15-29-25(30)23(19-7-13-22(14-8-19)32-18(2)3)24(26(29)31)27-20-9-11-21(12-10-20)28-16-5-6-17-28/h7-14,18,27H,4-6,15-17H2,1-3H3. The summed E-state index contributed by atoms with van der Waals surface area (Å²) in [6, 6.07) is 15.4. The van der Waals surface area contributed by atoms with Crippen LogP contribution in [0.4, 0.5) is 11.4 Å². The molecule has 2 aromatic rings. The summed E-state index contributed by atoms with van der Waals surface area (Å²) in [5, 5.41) is 3.24. The molecule has 0 saturated carbocycles. The molecule has 1 N–H and O–H groups in total. The smallest absolute Gasteiger partial charge is 0.278 e. The summed E-state index contributed by atoms with van der Waals surface area (Å²) in [6.07, 6.45) is 3.22. The molecule has 2 amide bonds. The van der Waals surface area contributed by atoms with Crippen molar-refractivity contribution in [2.75, 3.05) is 29.9 Å². The van der Waals surface area contributed by atoms with Gasteiger partial charge < -0.3 is 15.0 Å². The van der Waals surface area contributed by atoms with Crippen molar-refractivity contribution in [1.29, 1.82) is 0 Å². The minimum absolute atomic E-state index is 0.0653. The molecule has 0 bridgehead atoms. The van der Waals surface area contributed by atoms with Gasteiger partial charge in [0, 0.05) is 31.0 Å². The predicted octanol–water partition coefficient (Wildman–Crippen LogP) is 4.68. The van der Waals surface area contributed by atoms with Crippen LogP contribution in [0.5, 0.6) is 5.75 Å². The van der Waals surface area contributed by atoms with Crippen LogP contribution in [-0.4, -0.2) is 42.5 Å². The van der Waals surface area contributed by atoms with Gasteiger partial charge in [0.15, 0.2) is 0 Å². The molecule has 2 heterocycles. The molecule has 2 aliphatic heterocycles. The number of nitrogens with zero attached hydrogens (tertiary/aromatic N) is 2. The molecular weight excluding hydrogens is 402 g/mol. The van der Waals surface area contributed by atoms with Gasteiger partial charge in [-0.3, -0.25) is 14.5 Å². The van der Waals surface area contributed by atoms with Crippen molar-refractivity contribution in [2.45, 2.75) is 46.1 Å². The SMILES string of the molecule is CCCN1C(=O)C(Nc2ccc(N3CCCC3)cc2)=C(c2ccc(OC(C)C)cc2)C1=O. The quantitative estimate of drug-likeness (QED) is 0.613. The van der Waals surface area contributed by atoms with E-state index in [1.165, 1.54) is 23.4 Å². The van der Waals surface area contributed by atoms with Gasteiger partial charge in [0.2, 0.25) is 0 Å². The number of benzene rings is 2. The number of carbonyl (C=O) groups excluding carboxylic acids is 2. The third kappa shape index (κ3) is 4.49. The first-order chi connectivity index (χ1) is 15.5. The van der Waals surface area contributed by atoms with E-state index in [0.717, 1.165) is 24.5 Å². The van der Waals surface area contributed by atoms with Gasteiger partial charge in [0.25, 0.3) is 11.8 Å². The van der Waals surface area contributed by atoms with Crippen molar-refractivity contribution in [1.82, 2.24) is 4.90 Å². The normalized spacial score (nSPS) is 16.5. The number of nitrogens with one attached hydrogen (secondary N) is 1. The second-order valence-corrected chi connectivity index (χ2v) is 8.57. The molecule has 168 valence electrons. The molecule has 6 heteroatoms. The van der Waals surface area contributed by atoms with E-state index in [0.29, 0.717) is 29.8 Å². The van der Waals surface area contributed by atoms with Gasteiger partial charge in [-0.25, -0.2) is 0 Å². The number of hydrogen-bond donors (Lipinski definition) is 1. The lowest BCUT2D eigenvalue weighted by molar-refractivity contribution is -0.136. The summed E-state index contributed by atoms with van der Waals surface area (Å²) in [6.45, 7) is 8.45. The van der Waals surface area contributed by atoms with Gasteiger partial charge in [-0.2, -0.15) is 0 Å². The molecule has 0 spiro atoms. The zero-order chi connectivity index (χ0) is 22.7. The second-order valence-electron chi connectivity index (χ2n) is 8.57. The highest BCUT2D eigenvalue weighted by atomic mass is 16.5. The zero-order valence-electron chi connectivity index (χ0n) is 19.1. The Labute approximate surface area is 189 Å². The van der Waals surface area contributed by atoms with E-state index in [9.17, 15) is 9.59 Å². The van der Waals surface area contributed by atoms with Gasteiger partial charge in [-0.05, 0) is 75.1 Å². The van der Waals surface area contributed by atoms with Crippen LogP contribution in [-0.2, 0) is 9.59 Å². The maximum Gasteiger partial charge on any atom is 0.278 e. The van der Waals surface area contributed by atoms with Crippen molar-refractivity contribution in [3.05, 3.63) is 59.8 Å². The molecule has 6 nitrogen and oxygen atoms in total. The largest absolute Gasteiger partial charge is 0.491 e. The fraction of sp³-hybridized carbons (Fsp3) is 0.385. The van der Waals surface area contributed by atoms with Crippen molar-refractivity contribution in [2.24, 2.45) is 0 Å². The molecule has 1 fully saturated rings. The van der Waals surface area contributed by atoms with E-state index < -0.39 is 0 Å². The highest BCUT2D eigenvalue weighted by Crippen LogP contribution is 2.32. The molecule has 2 aromatic carbocycles. The first kappa shape index (κ1) is 21.9. The Morgan fingerprint density at radius 3 is 2.19 bits per heavy atom. The first-order valence-electron chi connectivity index (χ1n) is 11.5. The van der Waals surface area contributed by atoms with Gasteiger partial charge in [0.1, 0.15) is 11.4 Å². The fourth-order valence-corrected chi connectivity index (χ4v) is 4.23. The average Bonchev–Trinajstić information content (AvgIpc) is 3.39. The Kier molecular flexibility index (Phi) is 6.49. The molecule has 0 atom stereocenters. The minimum atomic E-state index is -0.280. The van der Waals surface area contributed by atoms with Crippen molar-refractivity contribution in [3.63, 3.8) is 0 Å². The monoisotopic (exact) mass is 433 g/mol. The minimum Gasteiger partial charge on any atom is -0.491 e. The number of amides is 2. The highest BCUT2D eigenvalue weighted by Gasteiger charge is 2.38. The summed E-state index contributed by atoms with van der Waals surface area (Å²) in [5.41, 5.74) is 3.41. The van der Waals surface area contributed by atoms with E-state index >= 15 is 0 Å². The van der Waals surface area contributed by atoms with Crippen LogP contribution in [0.25, 0.3) is 5.57 Å². The lowest BCUT2D eigenvalue weighted by Crippen LogP contribution is -2.33. The number of imide groups is 1. The number of ether oxygens (including phenoxy) is 1. The lowest BCUT2D eigenvalue weighted by Gasteiger charge is -2.18. The number of carbonyl (C=O) groups is 2. The van der Waals surface area contributed by atoms with Gasteiger partial charge in [0.05, 0.1) is 11.7 Å². The summed E-state index contributed by atoms with van der Waals surface area (Å²) >= 11 is 0. The number of rotatable bonds is 8. The van der Waals surface area contributed by atoms with Crippen molar-refractivity contribution < 1.29 is 14.3 Å². The third-order valence-electron chi connectivity index (χ3n) is 5.74. The second kappa shape index (κ2) is 9.47. The Hall–Kier alpha value is -3.28. The van der Waals surface area contributed by atoms with E-state index in [4.69, 9.17) is 4.74 Å². The zero-order valence-corrected chi connectivity index (χ0v) is 19.1. The fourth-order valence-electron chi connectivity index (χ4n) is 4.23. The maximum absolute atomic E-state index is 13.2. The van der Waals surface area contributed by atoms with Gasteiger partial charge in [-0.15, -0.1) is 0 Å². The molecule has 1 saturated heterocycles. The van der Waals surface area contributed by atoms with Crippen molar-refractivity contribution >= 4 is 28.8 Å². The third-order valence-corrected chi connectivity index (χ3v) is 5.74. The van der Waals surface area contributed by atoms with Crippen LogP contribution in [0.1, 0.15) is 45.6 Å². The predicted molar refractivity (Wildman–Crippen MR) is 128 cm³/mol. The lowest BCUT2D eigenvalue weighted by atomic mass is 10.0. The highest BCUT2D eigenvalue weighted by molar-refractivity contribution is 6.36. The number of anilines is 2. The van der Waals surface area contributed by atoms with Crippen LogP contribution in [0.3, 0.4) is 0 Å². The van der Waals surface area contributed by atoms with Gasteiger partial charge >= 0.3 is 0 Å². The molecule has 0 unspecified atom stereocenters. The van der Waals surface area contributed by atoms with Crippen LogP contribution in [0.2, 0.25) is 0 Å². The molecule has 0 aromatic heterocycles. The van der Waals surface area contributed by atoms with Crippen LogP contribution in [0.15, 0.2) is 54.2 Å². The average molecular weight is 434 g/mol. The topological polar surface area (TPSA) is 61.9 Å². The Balaban J connectivity index is 1.63. The summed E-state index contributed by atoms with van der Waals surface area (Å²) < 4.78 is 5.72. The summed E-state index contributed by atoms with van der Waals surface area (Å²) in [7, 11) is 0. The first-order valence-corrected chi connectivity index (χ1v) is 11.5.